The van der Waals surface area contributed by atoms with Gasteiger partial charge in [0.1, 0.15) is 0 Å². The van der Waals surface area contributed by atoms with Crippen LogP contribution in [-0.4, -0.2) is 30.0 Å². The number of urea groups is 1. The van der Waals surface area contributed by atoms with Gasteiger partial charge >= 0.3 is 6.03 Å². The number of aryl methyl sites for hydroxylation is 2. The highest BCUT2D eigenvalue weighted by Crippen LogP contribution is 2.23. The van der Waals surface area contributed by atoms with Crippen molar-refractivity contribution in [3.8, 4) is 0 Å². The van der Waals surface area contributed by atoms with E-state index in [2.05, 4.69) is 45.7 Å². The molecule has 33 heavy (non-hydrogen) atoms. The van der Waals surface area contributed by atoms with Crippen LogP contribution in [0.15, 0.2) is 47.8 Å². The zero-order valence-electron chi connectivity index (χ0n) is 18.9. The maximum absolute atomic E-state index is 12.4. The summed E-state index contributed by atoms with van der Waals surface area (Å²) in [5.41, 5.74) is 4.33. The molecule has 0 radical (unpaired) electrons. The van der Waals surface area contributed by atoms with Gasteiger partial charge < -0.3 is 15.5 Å². The first kappa shape index (κ1) is 24.5. The largest absolute Gasteiger partial charge is 0.372 e. The van der Waals surface area contributed by atoms with Crippen molar-refractivity contribution in [1.82, 2.24) is 4.98 Å². The normalized spacial score (nSPS) is 10.5. The van der Waals surface area contributed by atoms with E-state index in [1.807, 2.05) is 24.4 Å². The van der Waals surface area contributed by atoms with Gasteiger partial charge in [-0.15, -0.1) is 11.3 Å². The summed E-state index contributed by atoms with van der Waals surface area (Å²) in [6.45, 7) is 8.12. The lowest BCUT2D eigenvalue weighted by atomic mass is 10.1. The van der Waals surface area contributed by atoms with Crippen LogP contribution in [-0.2, 0) is 11.2 Å². The Morgan fingerprint density at radius 1 is 1.06 bits per heavy atom. The molecule has 0 spiro atoms. The summed E-state index contributed by atoms with van der Waals surface area (Å²) < 4.78 is 0. The van der Waals surface area contributed by atoms with E-state index in [0.717, 1.165) is 35.7 Å². The van der Waals surface area contributed by atoms with Gasteiger partial charge in [-0.25, -0.2) is 9.78 Å². The standard InChI is InChI=1S/C24H28ClN5O2S/c1-4-30(5-2)20-10-11-21(16(3)13-20)28-22(31)12-9-19-15-33-24(27-19)29-23(32)26-18-8-6-7-17(25)14-18/h6-8,10-11,13-15H,4-5,9,12H2,1-3H3,(H,28,31)(H2,26,27,29,32). The van der Waals surface area contributed by atoms with Crippen LogP contribution in [0.25, 0.3) is 0 Å². The van der Waals surface area contributed by atoms with Crippen molar-refractivity contribution in [3.63, 3.8) is 0 Å². The minimum Gasteiger partial charge on any atom is -0.372 e. The number of rotatable bonds is 9. The van der Waals surface area contributed by atoms with E-state index >= 15 is 0 Å². The molecule has 3 rings (SSSR count). The summed E-state index contributed by atoms with van der Waals surface area (Å²) in [4.78, 5) is 31.2. The Balaban J connectivity index is 1.49. The van der Waals surface area contributed by atoms with Gasteiger partial charge in [0, 0.05) is 47.0 Å². The number of thiazole rings is 1. The number of carbonyl (C=O) groups is 2. The molecule has 0 atom stereocenters. The van der Waals surface area contributed by atoms with Crippen LogP contribution in [0.5, 0.6) is 0 Å². The number of nitrogens with zero attached hydrogens (tertiary/aromatic N) is 2. The molecule has 9 heteroatoms. The number of halogens is 1. The lowest BCUT2D eigenvalue weighted by Gasteiger charge is -2.22. The van der Waals surface area contributed by atoms with E-state index in [-0.39, 0.29) is 5.91 Å². The predicted octanol–water partition coefficient (Wildman–Crippen LogP) is 6.17. The molecule has 3 N–H and O–H groups in total. The van der Waals surface area contributed by atoms with Crippen LogP contribution in [0, 0.1) is 6.92 Å². The lowest BCUT2D eigenvalue weighted by molar-refractivity contribution is -0.116. The first-order chi connectivity index (χ1) is 15.9. The molecule has 0 saturated heterocycles. The van der Waals surface area contributed by atoms with E-state index in [4.69, 9.17) is 11.6 Å². The second kappa shape index (κ2) is 11.7. The number of amides is 3. The van der Waals surface area contributed by atoms with Gasteiger partial charge in [-0.05, 0) is 69.2 Å². The highest BCUT2D eigenvalue weighted by Gasteiger charge is 2.11. The monoisotopic (exact) mass is 485 g/mol. The SMILES string of the molecule is CCN(CC)c1ccc(NC(=O)CCc2csc(NC(=O)Nc3cccc(Cl)c3)n2)c(C)c1. The first-order valence-corrected chi connectivity index (χ1v) is 12.1. The summed E-state index contributed by atoms with van der Waals surface area (Å²) in [7, 11) is 0. The summed E-state index contributed by atoms with van der Waals surface area (Å²) in [5.74, 6) is -0.0742. The fraction of sp³-hybridized carbons (Fsp3) is 0.292. The molecule has 0 aliphatic carbocycles. The van der Waals surface area contributed by atoms with Crippen molar-refractivity contribution in [1.29, 1.82) is 0 Å². The molecule has 3 aromatic rings. The minimum absolute atomic E-state index is 0.0742. The third-order valence-corrected chi connectivity index (χ3v) is 6.12. The molecule has 0 bridgehead atoms. The molecular formula is C24H28ClN5O2S. The Morgan fingerprint density at radius 2 is 1.85 bits per heavy atom. The molecule has 0 saturated carbocycles. The topological polar surface area (TPSA) is 86.4 Å². The van der Waals surface area contributed by atoms with Gasteiger partial charge in [-0.1, -0.05) is 17.7 Å². The minimum atomic E-state index is -0.403. The molecule has 0 aliphatic heterocycles. The Bertz CT molecular complexity index is 1110. The first-order valence-electron chi connectivity index (χ1n) is 10.8. The molecule has 0 fully saturated rings. The van der Waals surface area contributed by atoms with Crippen LogP contribution in [0.3, 0.4) is 0 Å². The number of hydrogen-bond donors (Lipinski definition) is 3. The fourth-order valence-corrected chi connectivity index (χ4v) is 4.26. The lowest BCUT2D eigenvalue weighted by Crippen LogP contribution is -2.22. The zero-order valence-corrected chi connectivity index (χ0v) is 20.5. The van der Waals surface area contributed by atoms with Crippen molar-refractivity contribution in [2.45, 2.75) is 33.6 Å². The smallest absolute Gasteiger partial charge is 0.325 e. The summed E-state index contributed by atoms with van der Waals surface area (Å²) in [6.07, 6.45) is 0.783. The van der Waals surface area contributed by atoms with Crippen LogP contribution >= 0.6 is 22.9 Å². The van der Waals surface area contributed by atoms with Gasteiger partial charge in [0.25, 0.3) is 0 Å². The van der Waals surface area contributed by atoms with E-state index in [1.165, 1.54) is 11.3 Å². The third kappa shape index (κ3) is 7.20. The van der Waals surface area contributed by atoms with Crippen LogP contribution in [0.4, 0.5) is 27.0 Å². The highest BCUT2D eigenvalue weighted by molar-refractivity contribution is 7.13. The summed E-state index contributed by atoms with van der Waals surface area (Å²) >= 11 is 7.24. The number of aromatic nitrogens is 1. The maximum Gasteiger partial charge on any atom is 0.325 e. The molecular weight excluding hydrogens is 458 g/mol. The van der Waals surface area contributed by atoms with Crippen LogP contribution in [0.1, 0.15) is 31.5 Å². The molecule has 0 unspecified atom stereocenters. The fourth-order valence-electron chi connectivity index (χ4n) is 3.33. The summed E-state index contributed by atoms with van der Waals surface area (Å²) in [6, 6.07) is 12.6. The number of nitrogens with one attached hydrogen (secondary N) is 3. The van der Waals surface area contributed by atoms with Crippen molar-refractivity contribution in [2.24, 2.45) is 0 Å². The van der Waals surface area contributed by atoms with Gasteiger partial charge in [0.15, 0.2) is 5.13 Å². The Kier molecular flexibility index (Phi) is 8.68. The molecule has 0 aliphatic rings. The Hall–Kier alpha value is -3.10. The van der Waals surface area contributed by atoms with Gasteiger partial charge in [0.05, 0.1) is 5.69 Å². The molecule has 1 heterocycles. The quantitative estimate of drug-likeness (QED) is 0.338. The maximum atomic E-state index is 12.4. The second-order valence-corrected chi connectivity index (χ2v) is 8.75. The molecule has 7 nitrogen and oxygen atoms in total. The van der Waals surface area contributed by atoms with E-state index < -0.39 is 6.03 Å². The molecule has 1 aromatic heterocycles. The molecule has 3 amide bonds. The Labute approximate surface area is 203 Å². The average Bonchev–Trinajstić information content (AvgIpc) is 3.22. The Morgan fingerprint density at radius 3 is 2.55 bits per heavy atom. The number of carbonyl (C=O) groups excluding carboxylic acids is 2. The van der Waals surface area contributed by atoms with Crippen molar-refractivity contribution in [2.75, 3.05) is 33.9 Å². The van der Waals surface area contributed by atoms with Crippen LogP contribution in [0.2, 0.25) is 5.02 Å². The van der Waals surface area contributed by atoms with Gasteiger partial charge in [-0.3, -0.25) is 10.1 Å². The second-order valence-electron chi connectivity index (χ2n) is 7.45. The van der Waals surface area contributed by atoms with Crippen LogP contribution < -0.4 is 20.9 Å². The van der Waals surface area contributed by atoms with Crippen molar-refractivity contribution < 1.29 is 9.59 Å². The van der Waals surface area contributed by atoms with Gasteiger partial charge in [0.2, 0.25) is 5.91 Å². The van der Waals surface area contributed by atoms with Gasteiger partial charge in [-0.2, -0.15) is 0 Å². The number of hydrogen-bond acceptors (Lipinski definition) is 5. The van der Waals surface area contributed by atoms with E-state index in [0.29, 0.717) is 28.7 Å². The zero-order chi connectivity index (χ0) is 23.8. The number of anilines is 4. The predicted molar refractivity (Wildman–Crippen MR) is 138 cm³/mol. The highest BCUT2D eigenvalue weighted by atomic mass is 35.5. The van der Waals surface area contributed by atoms with E-state index in [1.54, 1.807) is 24.3 Å². The summed E-state index contributed by atoms with van der Waals surface area (Å²) in [5, 5.41) is 11.2. The van der Waals surface area contributed by atoms with Crippen molar-refractivity contribution >= 4 is 57.1 Å². The molecule has 2 aromatic carbocycles. The van der Waals surface area contributed by atoms with E-state index in [9.17, 15) is 9.59 Å². The average molecular weight is 486 g/mol. The third-order valence-electron chi connectivity index (χ3n) is 5.08. The molecule has 174 valence electrons. The van der Waals surface area contributed by atoms with Crippen molar-refractivity contribution in [3.05, 3.63) is 64.1 Å². The number of benzene rings is 2.